The largest absolute Gasteiger partial charge is 0.483 e. The Bertz CT molecular complexity index is 139. The van der Waals surface area contributed by atoms with Crippen LogP contribution in [0.2, 0.25) is 0 Å². The second-order valence-electron chi connectivity index (χ2n) is 4.42. The molecule has 0 fully saturated rings. The molecule has 5 heteroatoms. The molecule has 0 spiro atoms. The van der Waals surface area contributed by atoms with Gasteiger partial charge < -0.3 is 13.3 Å². The Labute approximate surface area is 109 Å². The molecule has 0 heterocycles. The first-order chi connectivity index (χ1) is 7.94. The standard InChI is InChI=1S/C9H21N.C3H10O3Si/c1-6-7-10(8(2)3)9(4)5;1-4-7(5-2)6-3/h8-9H,6-7H2,1-5H3;7H,1-3H3. The van der Waals surface area contributed by atoms with Crippen molar-refractivity contribution in [2.75, 3.05) is 27.9 Å². The summed E-state index contributed by atoms with van der Waals surface area (Å²) in [5, 5.41) is 0. The Morgan fingerprint density at radius 3 is 1.29 bits per heavy atom. The first-order valence-electron chi connectivity index (χ1n) is 6.28. The van der Waals surface area contributed by atoms with Gasteiger partial charge >= 0.3 is 9.53 Å². The molecule has 0 saturated heterocycles. The van der Waals surface area contributed by atoms with Crippen molar-refractivity contribution < 1.29 is 13.3 Å². The molecule has 0 saturated carbocycles. The quantitative estimate of drug-likeness (QED) is 0.660. The maximum Gasteiger partial charge on any atom is 0.483 e. The summed E-state index contributed by atoms with van der Waals surface area (Å²) in [6, 6.07) is 1.39. The number of nitrogens with zero attached hydrogens (tertiary/aromatic N) is 1. The smallest absolute Gasteiger partial charge is 0.379 e. The van der Waals surface area contributed by atoms with Gasteiger partial charge in [0.2, 0.25) is 0 Å². The molecule has 106 valence electrons. The third kappa shape index (κ3) is 10.9. The van der Waals surface area contributed by atoms with Crippen LogP contribution in [-0.4, -0.2) is 54.4 Å². The van der Waals surface area contributed by atoms with Crippen molar-refractivity contribution in [3.63, 3.8) is 0 Å². The van der Waals surface area contributed by atoms with Crippen molar-refractivity contribution in [3.8, 4) is 0 Å². The van der Waals surface area contributed by atoms with Crippen LogP contribution in [0.5, 0.6) is 0 Å². The van der Waals surface area contributed by atoms with E-state index in [0.717, 1.165) is 0 Å². The number of rotatable bonds is 7. The van der Waals surface area contributed by atoms with Crippen LogP contribution in [0.25, 0.3) is 0 Å². The van der Waals surface area contributed by atoms with E-state index in [0.29, 0.717) is 12.1 Å². The zero-order chi connectivity index (χ0) is 13.8. The van der Waals surface area contributed by atoms with Crippen LogP contribution in [0.1, 0.15) is 41.0 Å². The van der Waals surface area contributed by atoms with Crippen molar-refractivity contribution in [1.82, 2.24) is 4.90 Å². The van der Waals surface area contributed by atoms with Gasteiger partial charge in [0.1, 0.15) is 0 Å². The van der Waals surface area contributed by atoms with Crippen LogP contribution in [0, 0.1) is 0 Å². The van der Waals surface area contributed by atoms with Gasteiger partial charge in [0.25, 0.3) is 0 Å². The van der Waals surface area contributed by atoms with Crippen molar-refractivity contribution in [2.24, 2.45) is 0 Å². The summed E-state index contributed by atoms with van der Waals surface area (Å²) in [7, 11) is 3.05. The highest BCUT2D eigenvalue weighted by atomic mass is 28.3. The van der Waals surface area contributed by atoms with Crippen molar-refractivity contribution in [1.29, 1.82) is 0 Å². The molecule has 0 aliphatic carbocycles. The average molecular weight is 265 g/mol. The van der Waals surface area contributed by atoms with Crippen LogP contribution in [0.4, 0.5) is 0 Å². The lowest BCUT2D eigenvalue weighted by Gasteiger charge is -2.29. The van der Waals surface area contributed by atoms with Gasteiger partial charge in [0.15, 0.2) is 0 Å². The summed E-state index contributed by atoms with van der Waals surface area (Å²) in [5.74, 6) is 0. The summed E-state index contributed by atoms with van der Waals surface area (Å²) in [6.07, 6.45) is 1.26. The molecule has 0 aliphatic rings. The molecule has 0 rings (SSSR count). The molecule has 0 aliphatic heterocycles. The van der Waals surface area contributed by atoms with E-state index in [1.807, 2.05) is 0 Å². The average Bonchev–Trinajstić information content (AvgIpc) is 2.28. The summed E-state index contributed by atoms with van der Waals surface area (Å²) < 4.78 is 14.2. The Kier molecular flexibility index (Phi) is 14.3. The van der Waals surface area contributed by atoms with Crippen LogP contribution < -0.4 is 0 Å². The molecule has 0 aromatic carbocycles. The predicted octanol–water partition coefficient (Wildman–Crippen LogP) is 2.16. The summed E-state index contributed by atoms with van der Waals surface area (Å²) in [5.41, 5.74) is 0. The molecular weight excluding hydrogens is 234 g/mol. The summed E-state index contributed by atoms with van der Waals surface area (Å²) in [6.45, 7) is 12.5. The molecular formula is C12H31NO3Si. The highest BCUT2D eigenvalue weighted by Gasteiger charge is 2.10. The van der Waals surface area contributed by atoms with Crippen molar-refractivity contribution in [2.45, 2.75) is 53.1 Å². The fraction of sp³-hybridized carbons (Fsp3) is 1.00. The molecule has 4 nitrogen and oxygen atoms in total. The van der Waals surface area contributed by atoms with Gasteiger partial charge in [-0.2, -0.15) is 0 Å². The monoisotopic (exact) mass is 265 g/mol. The maximum absolute atomic E-state index is 4.74. The van der Waals surface area contributed by atoms with Crippen molar-refractivity contribution >= 4 is 9.53 Å². The van der Waals surface area contributed by atoms with Crippen LogP contribution in [0.15, 0.2) is 0 Å². The minimum atomic E-state index is -1.67. The normalized spacial score (nSPS) is 11.3. The third-order valence-electron chi connectivity index (χ3n) is 2.39. The van der Waals surface area contributed by atoms with Gasteiger partial charge in [-0.05, 0) is 40.7 Å². The topological polar surface area (TPSA) is 30.9 Å². The van der Waals surface area contributed by atoms with Gasteiger partial charge in [-0.1, -0.05) is 6.92 Å². The van der Waals surface area contributed by atoms with Crippen LogP contribution in [-0.2, 0) is 13.3 Å². The van der Waals surface area contributed by atoms with Gasteiger partial charge in [-0.25, -0.2) is 0 Å². The molecule has 0 aromatic rings. The van der Waals surface area contributed by atoms with Gasteiger partial charge in [-0.15, -0.1) is 0 Å². The van der Waals surface area contributed by atoms with E-state index >= 15 is 0 Å². The molecule has 0 amide bonds. The second kappa shape index (κ2) is 12.5. The SMILES string of the molecule is CCCN(C(C)C)C(C)C.CO[SiH](OC)OC. The molecule has 0 bridgehead atoms. The van der Waals surface area contributed by atoms with Gasteiger partial charge in [0.05, 0.1) is 0 Å². The molecule has 0 N–H and O–H groups in total. The van der Waals surface area contributed by atoms with E-state index in [-0.39, 0.29) is 0 Å². The van der Waals surface area contributed by atoms with Crippen molar-refractivity contribution in [3.05, 3.63) is 0 Å². The lowest BCUT2D eigenvalue weighted by atomic mass is 10.2. The minimum Gasteiger partial charge on any atom is -0.379 e. The maximum atomic E-state index is 4.74. The Balaban J connectivity index is 0. The first kappa shape index (κ1) is 19.4. The van der Waals surface area contributed by atoms with E-state index in [1.165, 1.54) is 13.0 Å². The van der Waals surface area contributed by atoms with Gasteiger partial charge in [-0.3, -0.25) is 4.90 Å². The fourth-order valence-electron chi connectivity index (χ4n) is 1.66. The molecule has 0 unspecified atom stereocenters. The molecule has 0 atom stereocenters. The van der Waals surface area contributed by atoms with E-state index < -0.39 is 9.53 Å². The number of hydrogen-bond donors (Lipinski definition) is 0. The van der Waals surface area contributed by atoms with Crippen LogP contribution in [0.3, 0.4) is 0 Å². The number of hydrogen-bond acceptors (Lipinski definition) is 4. The molecule has 0 aromatic heterocycles. The minimum absolute atomic E-state index is 0.694. The highest BCUT2D eigenvalue weighted by molar-refractivity contribution is 6.36. The lowest BCUT2D eigenvalue weighted by Crippen LogP contribution is -2.37. The Morgan fingerprint density at radius 1 is 0.882 bits per heavy atom. The molecule has 0 radical (unpaired) electrons. The molecule has 17 heavy (non-hydrogen) atoms. The van der Waals surface area contributed by atoms with Crippen LogP contribution >= 0.6 is 0 Å². The summed E-state index contributed by atoms with van der Waals surface area (Å²) in [4.78, 5) is 2.51. The van der Waals surface area contributed by atoms with E-state index in [2.05, 4.69) is 39.5 Å². The highest BCUT2D eigenvalue weighted by Crippen LogP contribution is 2.04. The van der Waals surface area contributed by atoms with Gasteiger partial charge in [0, 0.05) is 33.4 Å². The second-order valence-corrected chi connectivity index (χ2v) is 6.41. The zero-order valence-corrected chi connectivity index (χ0v) is 14.0. The predicted molar refractivity (Wildman–Crippen MR) is 75.4 cm³/mol. The van der Waals surface area contributed by atoms with E-state index in [1.54, 1.807) is 21.3 Å². The van der Waals surface area contributed by atoms with E-state index in [4.69, 9.17) is 13.3 Å². The zero-order valence-electron chi connectivity index (χ0n) is 12.8. The lowest BCUT2D eigenvalue weighted by molar-refractivity contribution is 0.163. The Morgan fingerprint density at radius 2 is 1.24 bits per heavy atom. The summed E-state index contributed by atoms with van der Waals surface area (Å²) >= 11 is 0. The Hall–Kier alpha value is 0.0569. The van der Waals surface area contributed by atoms with E-state index in [9.17, 15) is 0 Å². The fourth-order valence-corrected chi connectivity index (χ4v) is 2.24. The first-order valence-corrected chi connectivity index (χ1v) is 7.70. The third-order valence-corrected chi connectivity index (χ3v) is 3.54.